The van der Waals surface area contributed by atoms with Gasteiger partial charge < -0.3 is 10.4 Å². The summed E-state index contributed by atoms with van der Waals surface area (Å²) in [7, 11) is 0. The minimum Gasteiger partial charge on any atom is -0.396 e. The molecule has 0 aromatic carbocycles. The fraction of sp³-hybridized carbons (Fsp3) is 0.353. The van der Waals surface area contributed by atoms with E-state index in [2.05, 4.69) is 30.9 Å². The summed E-state index contributed by atoms with van der Waals surface area (Å²) in [6.07, 6.45) is 7.85. The van der Waals surface area contributed by atoms with Crippen molar-refractivity contribution >= 4 is 11.5 Å². The van der Waals surface area contributed by atoms with Crippen LogP contribution in [0.15, 0.2) is 30.7 Å². The van der Waals surface area contributed by atoms with E-state index in [4.69, 9.17) is 0 Å². The van der Waals surface area contributed by atoms with E-state index in [0.717, 1.165) is 47.7 Å². The lowest BCUT2D eigenvalue weighted by molar-refractivity contribution is 0.268. The first-order chi connectivity index (χ1) is 11.3. The van der Waals surface area contributed by atoms with Crippen LogP contribution in [-0.4, -0.2) is 37.6 Å². The minimum atomic E-state index is -0.0450. The molecular formula is C17H19N5O. The second kappa shape index (κ2) is 5.62. The summed E-state index contributed by atoms with van der Waals surface area (Å²) in [5.74, 6) is 1.72. The van der Waals surface area contributed by atoms with Crippen LogP contribution in [0.25, 0.3) is 16.8 Å². The van der Waals surface area contributed by atoms with Crippen molar-refractivity contribution in [1.29, 1.82) is 0 Å². The van der Waals surface area contributed by atoms with Crippen LogP contribution in [0.2, 0.25) is 0 Å². The van der Waals surface area contributed by atoms with E-state index < -0.39 is 0 Å². The van der Waals surface area contributed by atoms with Gasteiger partial charge in [0.15, 0.2) is 0 Å². The van der Waals surface area contributed by atoms with Gasteiger partial charge >= 0.3 is 0 Å². The Morgan fingerprint density at radius 3 is 2.87 bits per heavy atom. The molecule has 4 heterocycles. The molecular weight excluding hydrogens is 290 g/mol. The van der Waals surface area contributed by atoms with Gasteiger partial charge in [-0.3, -0.25) is 4.40 Å². The van der Waals surface area contributed by atoms with Crippen LogP contribution in [0.5, 0.6) is 0 Å². The van der Waals surface area contributed by atoms with E-state index in [1.54, 1.807) is 0 Å². The summed E-state index contributed by atoms with van der Waals surface area (Å²) in [6.45, 7) is 2.95. The molecule has 0 bridgehead atoms. The summed E-state index contributed by atoms with van der Waals surface area (Å²) in [6, 6.07) is 4.07. The number of nitrogens with one attached hydrogen (secondary N) is 1. The maximum atomic E-state index is 9.18. The number of hydrogen-bond donors (Lipinski definition) is 2. The van der Waals surface area contributed by atoms with Crippen LogP contribution in [0.1, 0.15) is 30.8 Å². The Kier molecular flexibility index (Phi) is 3.46. The zero-order valence-corrected chi connectivity index (χ0v) is 13.0. The van der Waals surface area contributed by atoms with Gasteiger partial charge in [-0.1, -0.05) is 6.92 Å². The summed E-state index contributed by atoms with van der Waals surface area (Å²) < 4.78 is 2.11. The molecule has 1 unspecified atom stereocenters. The molecule has 0 spiro atoms. The SMILES string of the molecule is CC(CO)c1ncc(-c2ccc3nc4c(n3c2)NCCC4)cn1. The summed E-state index contributed by atoms with van der Waals surface area (Å²) in [5, 5.41) is 12.6. The van der Waals surface area contributed by atoms with Crippen LogP contribution in [0.4, 0.5) is 5.82 Å². The molecule has 0 saturated heterocycles. The molecule has 3 aromatic heterocycles. The fourth-order valence-corrected chi connectivity index (χ4v) is 2.91. The fourth-order valence-electron chi connectivity index (χ4n) is 2.91. The average Bonchev–Trinajstić information content (AvgIpc) is 2.99. The highest BCUT2D eigenvalue weighted by molar-refractivity contribution is 5.66. The molecule has 1 aliphatic heterocycles. The Bertz CT molecular complexity index is 840. The minimum absolute atomic E-state index is 0.0450. The lowest BCUT2D eigenvalue weighted by Crippen LogP contribution is -2.12. The molecule has 23 heavy (non-hydrogen) atoms. The smallest absolute Gasteiger partial charge is 0.138 e. The predicted molar refractivity (Wildman–Crippen MR) is 88.5 cm³/mol. The molecule has 0 radical (unpaired) electrons. The van der Waals surface area contributed by atoms with Gasteiger partial charge in [0.05, 0.1) is 12.3 Å². The zero-order valence-electron chi connectivity index (χ0n) is 13.0. The molecule has 0 aliphatic carbocycles. The van der Waals surface area contributed by atoms with Crippen LogP contribution in [-0.2, 0) is 6.42 Å². The molecule has 3 aromatic rings. The number of anilines is 1. The quantitative estimate of drug-likeness (QED) is 0.776. The first kappa shape index (κ1) is 14.1. The maximum Gasteiger partial charge on any atom is 0.138 e. The highest BCUT2D eigenvalue weighted by Gasteiger charge is 2.16. The Morgan fingerprint density at radius 2 is 2.09 bits per heavy atom. The van der Waals surface area contributed by atoms with Gasteiger partial charge in [0.1, 0.15) is 17.3 Å². The lowest BCUT2D eigenvalue weighted by Gasteiger charge is -2.13. The number of rotatable bonds is 3. The van der Waals surface area contributed by atoms with E-state index in [9.17, 15) is 5.11 Å². The predicted octanol–water partition coefficient (Wildman–Crippen LogP) is 2.25. The molecule has 2 N–H and O–H groups in total. The Labute approximate surface area is 134 Å². The van der Waals surface area contributed by atoms with Crippen molar-refractivity contribution in [2.24, 2.45) is 0 Å². The highest BCUT2D eigenvalue weighted by Crippen LogP contribution is 2.26. The van der Waals surface area contributed by atoms with E-state index >= 15 is 0 Å². The third kappa shape index (κ3) is 2.45. The van der Waals surface area contributed by atoms with Gasteiger partial charge in [-0.05, 0) is 25.0 Å². The van der Waals surface area contributed by atoms with Crippen LogP contribution in [0.3, 0.4) is 0 Å². The third-order valence-electron chi connectivity index (χ3n) is 4.29. The largest absolute Gasteiger partial charge is 0.396 e. The van der Waals surface area contributed by atoms with Gasteiger partial charge in [-0.25, -0.2) is 15.0 Å². The number of aliphatic hydroxyl groups excluding tert-OH is 1. The van der Waals surface area contributed by atoms with Gasteiger partial charge in [0.25, 0.3) is 0 Å². The van der Waals surface area contributed by atoms with Gasteiger partial charge in [-0.15, -0.1) is 0 Å². The van der Waals surface area contributed by atoms with Crippen molar-refractivity contribution in [2.45, 2.75) is 25.7 Å². The second-order valence-electron chi connectivity index (χ2n) is 6.00. The molecule has 118 valence electrons. The standard InChI is InChI=1S/C17H19N5O/c1-11(10-23)16-19-7-13(8-20-16)12-4-5-15-21-14-3-2-6-18-17(14)22(15)9-12/h4-5,7-9,11,18,23H,2-3,6,10H2,1H3. The summed E-state index contributed by atoms with van der Waals surface area (Å²) in [5.41, 5.74) is 4.10. The van der Waals surface area contributed by atoms with Crippen molar-refractivity contribution in [3.05, 3.63) is 42.2 Å². The maximum absolute atomic E-state index is 9.18. The van der Waals surface area contributed by atoms with E-state index in [-0.39, 0.29) is 12.5 Å². The van der Waals surface area contributed by atoms with E-state index in [1.165, 1.54) is 0 Å². The van der Waals surface area contributed by atoms with Crippen molar-refractivity contribution < 1.29 is 5.11 Å². The monoisotopic (exact) mass is 309 g/mol. The topological polar surface area (TPSA) is 75.3 Å². The van der Waals surface area contributed by atoms with Crippen LogP contribution in [0, 0.1) is 0 Å². The summed E-state index contributed by atoms with van der Waals surface area (Å²) >= 11 is 0. The Morgan fingerprint density at radius 1 is 1.26 bits per heavy atom. The number of aliphatic hydroxyl groups is 1. The second-order valence-corrected chi connectivity index (χ2v) is 6.00. The number of hydrogen-bond acceptors (Lipinski definition) is 5. The van der Waals surface area contributed by atoms with Crippen molar-refractivity contribution in [3.8, 4) is 11.1 Å². The Balaban J connectivity index is 1.74. The number of pyridine rings is 1. The number of fused-ring (bicyclic) bond motifs is 3. The molecule has 0 amide bonds. The molecule has 4 rings (SSSR count). The lowest BCUT2D eigenvalue weighted by atomic mass is 10.1. The number of imidazole rings is 1. The zero-order chi connectivity index (χ0) is 15.8. The molecule has 6 heteroatoms. The molecule has 6 nitrogen and oxygen atoms in total. The molecule has 1 atom stereocenters. The van der Waals surface area contributed by atoms with Crippen LogP contribution >= 0.6 is 0 Å². The van der Waals surface area contributed by atoms with Crippen molar-refractivity contribution in [2.75, 3.05) is 18.5 Å². The molecule has 0 fully saturated rings. The number of aromatic nitrogens is 4. The first-order valence-corrected chi connectivity index (χ1v) is 7.94. The number of aryl methyl sites for hydroxylation is 1. The normalized spacial score (nSPS) is 15.2. The van der Waals surface area contributed by atoms with Gasteiger partial charge in [-0.2, -0.15) is 0 Å². The Hall–Kier alpha value is -2.47. The molecule has 0 saturated carbocycles. The van der Waals surface area contributed by atoms with Crippen LogP contribution < -0.4 is 5.32 Å². The third-order valence-corrected chi connectivity index (χ3v) is 4.29. The number of nitrogens with zero attached hydrogens (tertiary/aromatic N) is 4. The van der Waals surface area contributed by atoms with Crippen molar-refractivity contribution in [3.63, 3.8) is 0 Å². The average molecular weight is 309 g/mol. The van der Waals surface area contributed by atoms with E-state index in [0.29, 0.717) is 5.82 Å². The summed E-state index contributed by atoms with van der Waals surface area (Å²) in [4.78, 5) is 13.4. The van der Waals surface area contributed by atoms with Gasteiger partial charge in [0, 0.05) is 42.2 Å². The molecule has 1 aliphatic rings. The van der Waals surface area contributed by atoms with Gasteiger partial charge in [0.2, 0.25) is 0 Å². The highest BCUT2D eigenvalue weighted by atomic mass is 16.3. The first-order valence-electron chi connectivity index (χ1n) is 7.94. The van der Waals surface area contributed by atoms with Crippen molar-refractivity contribution in [1.82, 2.24) is 19.4 Å². The van der Waals surface area contributed by atoms with E-state index in [1.807, 2.05) is 31.5 Å².